The molecule has 1 atom stereocenters. The molecule has 1 unspecified atom stereocenters. The molecule has 3 aromatic rings. The number of hydrogen-bond acceptors (Lipinski definition) is 6. The molecule has 2 N–H and O–H groups in total. The molecule has 10 nitrogen and oxygen atoms in total. The molecule has 0 bridgehead atoms. The van der Waals surface area contributed by atoms with E-state index in [0.29, 0.717) is 16.8 Å². The van der Waals surface area contributed by atoms with Gasteiger partial charge in [-0.2, -0.15) is 0 Å². The Balaban J connectivity index is 1.68. The maximum atomic E-state index is 13.0. The lowest BCUT2D eigenvalue weighted by Gasteiger charge is -2.13. The van der Waals surface area contributed by atoms with E-state index in [-0.39, 0.29) is 23.8 Å². The summed E-state index contributed by atoms with van der Waals surface area (Å²) in [5, 5.41) is 12.8. The first-order valence-corrected chi connectivity index (χ1v) is 10.1. The number of para-hydroxylation sites is 1. The Morgan fingerprint density at radius 3 is 2.64 bits per heavy atom. The molecule has 2 aromatic heterocycles. The number of benzene rings is 1. The number of esters is 1. The van der Waals surface area contributed by atoms with Crippen LogP contribution in [0.5, 0.6) is 0 Å². The van der Waals surface area contributed by atoms with E-state index in [0.717, 1.165) is 10.3 Å². The molecule has 0 aliphatic carbocycles. The normalized spacial score (nSPS) is 15.8. The molecule has 3 amide bonds. The van der Waals surface area contributed by atoms with Gasteiger partial charge in [0.2, 0.25) is 5.76 Å². The highest BCUT2D eigenvalue weighted by atomic mass is 16.5. The van der Waals surface area contributed by atoms with Crippen LogP contribution in [0.2, 0.25) is 0 Å². The zero-order valence-electron chi connectivity index (χ0n) is 18.1. The summed E-state index contributed by atoms with van der Waals surface area (Å²) in [6.07, 6.45) is 1.55. The molecule has 170 valence electrons. The largest absolute Gasteiger partial charge is 0.480 e. The quantitative estimate of drug-likeness (QED) is 0.334. The Kier molecular flexibility index (Phi) is 5.50. The zero-order chi connectivity index (χ0) is 23.9. The molecule has 0 spiro atoms. The van der Waals surface area contributed by atoms with Crippen LogP contribution in [-0.4, -0.2) is 45.6 Å². The molecule has 1 aromatic carbocycles. The summed E-state index contributed by atoms with van der Waals surface area (Å²) in [5.74, 6) is -2.02. The number of nitrogens with zero attached hydrogens (tertiary/aromatic N) is 2. The predicted octanol–water partition coefficient (Wildman–Crippen LogP) is 3.07. The smallest absolute Gasteiger partial charge is 0.373 e. The lowest BCUT2D eigenvalue weighted by Crippen LogP contribution is -2.30. The van der Waals surface area contributed by atoms with Crippen molar-refractivity contribution >= 4 is 40.9 Å². The summed E-state index contributed by atoms with van der Waals surface area (Å²) in [6.45, 7) is 3.17. The van der Waals surface area contributed by atoms with E-state index < -0.39 is 29.9 Å². The van der Waals surface area contributed by atoms with E-state index in [4.69, 9.17) is 4.42 Å². The number of ether oxygens (including phenoxy) is 1. The SMILES string of the molecule is COC(=O)c1ccc(CN2C(=O)NC(=Cc3c(C)n(C(C)C(=O)O)c4ccccc34)C2=O)o1. The summed E-state index contributed by atoms with van der Waals surface area (Å²) < 4.78 is 11.6. The van der Waals surface area contributed by atoms with Crippen molar-refractivity contribution in [3.05, 3.63) is 64.9 Å². The van der Waals surface area contributed by atoms with Crippen molar-refractivity contribution in [1.82, 2.24) is 14.8 Å². The molecule has 33 heavy (non-hydrogen) atoms. The van der Waals surface area contributed by atoms with Crippen LogP contribution < -0.4 is 5.32 Å². The number of carbonyl (C=O) groups is 4. The number of carboxylic acids is 1. The number of imide groups is 1. The topological polar surface area (TPSA) is 131 Å². The maximum Gasteiger partial charge on any atom is 0.373 e. The second-order valence-corrected chi connectivity index (χ2v) is 7.54. The van der Waals surface area contributed by atoms with Crippen LogP contribution >= 0.6 is 0 Å². The van der Waals surface area contributed by atoms with Crippen LogP contribution in [0.4, 0.5) is 4.79 Å². The third kappa shape index (κ3) is 3.75. The predicted molar refractivity (Wildman–Crippen MR) is 116 cm³/mol. The van der Waals surface area contributed by atoms with E-state index in [1.54, 1.807) is 36.6 Å². The van der Waals surface area contributed by atoms with Gasteiger partial charge >= 0.3 is 18.0 Å². The first kappa shape index (κ1) is 21.9. The summed E-state index contributed by atoms with van der Waals surface area (Å²) >= 11 is 0. The number of hydrogen-bond donors (Lipinski definition) is 2. The first-order chi connectivity index (χ1) is 15.7. The number of fused-ring (bicyclic) bond motifs is 1. The fourth-order valence-corrected chi connectivity index (χ4v) is 3.90. The third-order valence-electron chi connectivity index (χ3n) is 5.56. The van der Waals surface area contributed by atoms with Gasteiger partial charge in [-0.3, -0.25) is 9.69 Å². The summed E-state index contributed by atoms with van der Waals surface area (Å²) in [5.41, 5.74) is 2.04. The molecule has 0 saturated carbocycles. The molecule has 1 aliphatic heterocycles. The number of amides is 3. The summed E-state index contributed by atoms with van der Waals surface area (Å²) in [7, 11) is 1.22. The monoisotopic (exact) mass is 451 g/mol. The minimum Gasteiger partial charge on any atom is -0.480 e. The van der Waals surface area contributed by atoms with Crippen molar-refractivity contribution in [2.45, 2.75) is 26.4 Å². The Morgan fingerprint density at radius 2 is 1.94 bits per heavy atom. The first-order valence-electron chi connectivity index (χ1n) is 10.1. The highest BCUT2D eigenvalue weighted by molar-refractivity contribution is 6.14. The van der Waals surface area contributed by atoms with Gasteiger partial charge in [-0.25, -0.2) is 14.4 Å². The van der Waals surface area contributed by atoms with Crippen molar-refractivity contribution in [3.63, 3.8) is 0 Å². The number of nitrogens with one attached hydrogen (secondary N) is 1. The molecule has 0 radical (unpaired) electrons. The fraction of sp³-hybridized carbons (Fsp3) is 0.217. The van der Waals surface area contributed by atoms with E-state index >= 15 is 0 Å². The molecular weight excluding hydrogens is 430 g/mol. The van der Waals surface area contributed by atoms with Crippen LogP contribution in [0.25, 0.3) is 17.0 Å². The Hall–Kier alpha value is -4.34. The highest BCUT2D eigenvalue weighted by Crippen LogP contribution is 2.31. The standard InChI is InChI=1S/C23H21N3O7/c1-12-16(15-6-4-5-7-18(15)26(12)13(2)21(28)29)10-17-20(27)25(23(31)24-17)11-14-8-9-19(33-14)22(30)32-3/h4-10,13H,11H2,1-3H3,(H,24,31)(H,28,29). The number of carbonyl (C=O) groups excluding carboxylic acids is 3. The van der Waals surface area contributed by atoms with Gasteiger partial charge in [-0.05, 0) is 38.1 Å². The number of aliphatic carboxylic acids is 1. The average molecular weight is 451 g/mol. The number of aromatic nitrogens is 1. The van der Waals surface area contributed by atoms with Gasteiger partial charge in [0, 0.05) is 22.2 Å². The molecule has 1 aliphatic rings. The Bertz CT molecular complexity index is 1330. The minimum absolute atomic E-state index is 0.0358. The van der Waals surface area contributed by atoms with Gasteiger partial charge in [-0.15, -0.1) is 0 Å². The van der Waals surface area contributed by atoms with Gasteiger partial charge in [-0.1, -0.05) is 18.2 Å². The minimum atomic E-state index is -0.987. The molecule has 1 fully saturated rings. The van der Waals surface area contributed by atoms with Gasteiger partial charge < -0.3 is 24.1 Å². The van der Waals surface area contributed by atoms with Gasteiger partial charge in [0.15, 0.2) is 0 Å². The molecule has 3 heterocycles. The molecule has 10 heteroatoms. The Morgan fingerprint density at radius 1 is 1.21 bits per heavy atom. The van der Waals surface area contributed by atoms with E-state index in [2.05, 4.69) is 10.1 Å². The number of methoxy groups -OCH3 is 1. The van der Waals surface area contributed by atoms with Gasteiger partial charge in [0.1, 0.15) is 17.5 Å². The molecular formula is C23H21N3O7. The zero-order valence-corrected chi connectivity index (χ0v) is 18.1. The lowest BCUT2D eigenvalue weighted by molar-refractivity contribution is -0.140. The van der Waals surface area contributed by atoms with E-state index in [1.807, 2.05) is 12.1 Å². The van der Waals surface area contributed by atoms with Crippen LogP contribution in [0.1, 0.15) is 40.5 Å². The highest BCUT2D eigenvalue weighted by Gasteiger charge is 2.35. The molecule has 1 saturated heterocycles. The van der Waals surface area contributed by atoms with Crippen LogP contribution in [-0.2, 0) is 20.9 Å². The number of rotatable bonds is 6. The van der Waals surface area contributed by atoms with Crippen molar-refractivity contribution < 1.29 is 33.4 Å². The van der Waals surface area contributed by atoms with E-state index in [1.165, 1.54) is 19.2 Å². The van der Waals surface area contributed by atoms with Crippen LogP contribution in [0.3, 0.4) is 0 Å². The number of urea groups is 1. The molecule has 4 rings (SSSR count). The summed E-state index contributed by atoms with van der Waals surface area (Å²) in [6, 6.07) is 8.68. The van der Waals surface area contributed by atoms with Crippen molar-refractivity contribution in [1.29, 1.82) is 0 Å². The van der Waals surface area contributed by atoms with Gasteiger partial charge in [0.25, 0.3) is 5.91 Å². The van der Waals surface area contributed by atoms with Crippen molar-refractivity contribution in [2.75, 3.05) is 7.11 Å². The van der Waals surface area contributed by atoms with Crippen molar-refractivity contribution in [2.24, 2.45) is 0 Å². The Labute approximate surface area is 188 Å². The second-order valence-electron chi connectivity index (χ2n) is 7.54. The van der Waals surface area contributed by atoms with Gasteiger partial charge in [0.05, 0.1) is 13.7 Å². The summed E-state index contributed by atoms with van der Waals surface area (Å²) in [4.78, 5) is 49.6. The van der Waals surface area contributed by atoms with Crippen LogP contribution in [0, 0.1) is 6.92 Å². The van der Waals surface area contributed by atoms with Crippen LogP contribution in [0.15, 0.2) is 46.5 Å². The number of furan rings is 1. The number of carboxylic acid groups (broad SMARTS) is 1. The maximum absolute atomic E-state index is 13.0. The van der Waals surface area contributed by atoms with E-state index in [9.17, 15) is 24.3 Å². The average Bonchev–Trinajstić information content (AvgIpc) is 3.45. The lowest BCUT2D eigenvalue weighted by atomic mass is 10.1. The third-order valence-corrected chi connectivity index (χ3v) is 5.56. The fourth-order valence-electron chi connectivity index (χ4n) is 3.90. The van der Waals surface area contributed by atoms with Crippen molar-refractivity contribution in [3.8, 4) is 0 Å². The second kappa shape index (κ2) is 8.30.